The van der Waals surface area contributed by atoms with Crippen molar-refractivity contribution in [2.24, 2.45) is 0 Å². The van der Waals surface area contributed by atoms with Crippen molar-refractivity contribution >= 4 is 139 Å². The molecule has 76 heavy (non-hydrogen) atoms. The normalized spacial score (nSPS) is 12.2. The lowest BCUT2D eigenvalue weighted by Gasteiger charge is -2.15. The van der Waals surface area contributed by atoms with Crippen molar-refractivity contribution in [1.29, 1.82) is 0 Å². The van der Waals surface area contributed by atoms with E-state index in [4.69, 9.17) is 15.0 Å². The second-order valence-electron chi connectivity index (χ2n) is 19.8. The van der Waals surface area contributed by atoms with Crippen molar-refractivity contribution in [2.75, 3.05) is 0 Å². The summed E-state index contributed by atoms with van der Waals surface area (Å²) < 4.78 is 9.71. The number of fused-ring (bicyclic) bond motifs is 16. The van der Waals surface area contributed by atoms with E-state index in [1.165, 1.54) is 83.7 Å². The number of thiophene rings is 2. The Morgan fingerprint density at radius 1 is 0.289 bits per heavy atom. The molecule has 17 rings (SSSR count). The van der Waals surface area contributed by atoms with Crippen molar-refractivity contribution < 1.29 is 0 Å². The first-order valence-electron chi connectivity index (χ1n) is 25.7. The fourth-order valence-corrected chi connectivity index (χ4v) is 14.8. The second kappa shape index (κ2) is 16.0. The van der Waals surface area contributed by atoms with Crippen LogP contribution in [-0.2, 0) is 0 Å². The summed E-state index contributed by atoms with van der Waals surface area (Å²) >= 11 is 3.66. The highest BCUT2D eigenvalue weighted by Crippen LogP contribution is 2.48. The van der Waals surface area contributed by atoms with Crippen LogP contribution in [0.3, 0.4) is 0 Å². The Hall–Kier alpha value is -9.53. The molecule has 0 amide bonds. The number of para-hydroxylation sites is 2. The molecule has 0 bridgehead atoms. The average molecular weight is 1000 g/mol. The summed E-state index contributed by atoms with van der Waals surface area (Å²) in [6, 6.07) is 86.1. The maximum Gasteiger partial charge on any atom is 0.164 e. The van der Waals surface area contributed by atoms with Gasteiger partial charge in [-0.25, -0.2) is 15.0 Å². The molecule has 0 radical (unpaired) electrons. The van der Waals surface area contributed by atoms with Crippen molar-refractivity contribution in [2.45, 2.75) is 0 Å². The smallest absolute Gasteiger partial charge is 0.164 e. The van der Waals surface area contributed by atoms with Crippen LogP contribution < -0.4 is 0 Å². The first-order chi connectivity index (χ1) is 37.7. The molecule has 0 saturated heterocycles. The number of hydrogen-bond acceptors (Lipinski definition) is 5. The molecular formula is C69H39N5S2. The zero-order chi connectivity index (χ0) is 49.6. The lowest BCUT2D eigenvalue weighted by atomic mass is 10.0. The number of benzene rings is 12. The number of aromatic nitrogens is 5. The Labute approximate surface area is 442 Å². The van der Waals surface area contributed by atoms with Crippen LogP contribution in [0.15, 0.2) is 237 Å². The minimum Gasteiger partial charge on any atom is -0.309 e. The van der Waals surface area contributed by atoms with Gasteiger partial charge >= 0.3 is 0 Å². The van der Waals surface area contributed by atoms with Gasteiger partial charge in [0.1, 0.15) is 0 Å². The molecule has 0 N–H and O–H groups in total. The highest BCUT2D eigenvalue weighted by Gasteiger charge is 2.26. The summed E-state index contributed by atoms with van der Waals surface area (Å²) in [7, 11) is 0. The minimum absolute atomic E-state index is 0.626. The van der Waals surface area contributed by atoms with Crippen LogP contribution in [0, 0.1) is 0 Å². The van der Waals surface area contributed by atoms with Crippen LogP contribution >= 0.6 is 22.7 Å². The van der Waals surface area contributed by atoms with E-state index in [-0.39, 0.29) is 0 Å². The molecule has 5 aromatic heterocycles. The van der Waals surface area contributed by atoms with Crippen LogP contribution in [0.1, 0.15) is 0 Å². The van der Waals surface area contributed by atoms with Gasteiger partial charge in [0, 0.05) is 85.0 Å². The van der Waals surface area contributed by atoms with Gasteiger partial charge in [0.25, 0.3) is 0 Å². The van der Waals surface area contributed by atoms with Gasteiger partial charge in [-0.15, -0.1) is 22.7 Å². The largest absolute Gasteiger partial charge is 0.309 e. The van der Waals surface area contributed by atoms with Crippen LogP contribution in [0.4, 0.5) is 0 Å². The first kappa shape index (κ1) is 41.9. The molecule has 0 atom stereocenters. The fourth-order valence-electron chi connectivity index (χ4n) is 12.4. The SMILES string of the molecule is c1ccc(-n2c3ccccc3c3c(-c4nc(-c5cccc6sc7ccccc7c56)nc(-c5ccc(-n6c7cc8ccccc8cc7c7ccc8ccccc8c76)c6sc7cc8ccccc8cc7c56)n4)cccc32)cc1. The lowest BCUT2D eigenvalue weighted by molar-refractivity contribution is 1.08. The molecular weight excluding hydrogens is 963 g/mol. The third-order valence-corrected chi connectivity index (χ3v) is 18.0. The molecule has 5 heterocycles. The van der Waals surface area contributed by atoms with Gasteiger partial charge in [0.05, 0.1) is 32.5 Å². The van der Waals surface area contributed by atoms with Crippen molar-refractivity contribution in [3.05, 3.63) is 237 Å². The van der Waals surface area contributed by atoms with Gasteiger partial charge in [-0.1, -0.05) is 164 Å². The van der Waals surface area contributed by atoms with Crippen molar-refractivity contribution in [1.82, 2.24) is 24.1 Å². The highest BCUT2D eigenvalue weighted by atomic mass is 32.1. The molecule has 17 aromatic rings. The van der Waals surface area contributed by atoms with Crippen molar-refractivity contribution in [3.63, 3.8) is 0 Å². The van der Waals surface area contributed by atoms with E-state index in [0.29, 0.717) is 17.5 Å². The summed E-state index contributed by atoms with van der Waals surface area (Å²) in [5, 5.41) is 16.6. The van der Waals surface area contributed by atoms with Crippen molar-refractivity contribution in [3.8, 4) is 45.5 Å². The maximum atomic E-state index is 5.70. The van der Waals surface area contributed by atoms with Gasteiger partial charge in [0.15, 0.2) is 17.5 Å². The molecule has 7 heteroatoms. The minimum atomic E-state index is 0.626. The molecule has 0 saturated carbocycles. The predicted octanol–water partition coefficient (Wildman–Crippen LogP) is 19.3. The summed E-state index contributed by atoms with van der Waals surface area (Å²) in [6.45, 7) is 0. The van der Waals surface area contributed by atoms with Gasteiger partial charge < -0.3 is 9.13 Å². The van der Waals surface area contributed by atoms with E-state index in [0.717, 1.165) is 60.6 Å². The standard InChI is InChI=1S/C69H39N5S2/c1-2-21-45(22-3-1)73-55-28-12-10-24-48(55)62-50(26-14-29-56(62)73)67-70-68(51-27-15-31-60-63(51)49-25-11-13-30-59(49)75-60)72-69(71-67)52-34-35-57(66-64(52)54-37-42-18-5-7-20-44(42)39-61(54)76-66)74-58-38-43-19-6-4-17-41(43)36-53(58)47-33-32-40-16-8-9-23-46(40)65(47)74/h1-39H. The molecule has 0 spiro atoms. The van der Waals surface area contributed by atoms with E-state index in [1.807, 2.05) is 22.7 Å². The van der Waals surface area contributed by atoms with E-state index in [1.54, 1.807) is 0 Å². The molecule has 0 unspecified atom stereocenters. The van der Waals surface area contributed by atoms with E-state index in [9.17, 15) is 0 Å². The topological polar surface area (TPSA) is 48.5 Å². The van der Waals surface area contributed by atoms with Crippen LogP contribution in [0.2, 0.25) is 0 Å². The zero-order valence-corrected chi connectivity index (χ0v) is 42.2. The monoisotopic (exact) mass is 1000 g/mol. The summed E-state index contributed by atoms with van der Waals surface area (Å²) in [6.07, 6.45) is 0. The lowest BCUT2D eigenvalue weighted by Crippen LogP contribution is -2.02. The zero-order valence-electron chi connectivity index (χ0n) is 40.6. The number of rotatable bonds is 5. The molecule has 0 aliphatic rings. The Morgan fingerprint density at radius 2 is 0.868 bits per heavy atom. The third kappa shape index (κ3) is 6.03. The Balaban J connectivity index is 1.01. The molecule has 5 nitrogen and oxygen atoms in total. The van der Waals surface area contributed by atoms with Crippen LogP contribution in [-0.4, -0.2) is 24.1 Å². The summed E-state index contributed by atoms with van der Waals surface area (Å²) in [5.74, 6) is 1.89. The highest BCUT2D eigenvalue weighted by molar-refractivity contribution is 7.26. The van der Waals surface area contributed by atoms with E-state index >= 15 is 0 Å². The Morgan fingerprint density at radius 3 is 1.64 bits per heavy atom. The van der Waals surface area contributed by atoms with Gasteiger partial charge in [-0.3, -0.25) is 0 Å². The van der Waals surface area contributed by atoms with E-state index < -0.39 is 0 Å². The van der Waals surface area contributed by atoms with Gasteiger partial charge in [0.2, 0.25) is 0 Å². The third-order valence-electron chi connectivity index (χ3n) is 15.7. The Kier molecular flexibility index (Phi) is 8.81. The molecule has 0 aliphatic carbocycles. The van der Waals surface area contributed by atoms with E-state index in [2.05, 4.69) is 246 Å². The fraction of sp³-hybridized carbons (Fsp3) is 0. The van der Waals surface area contributed by atoms with Gasteiger partial charge in [-0.05, 0) is 99.7 Å². The maximum absolute atomic E-state index is 5.70. The molecule has 0 aliphatic heterocycles. The van der Waals surface area contributed by atoms with Gasteiger partial charge in [-0.2, -0.15) is 0 Å². The van der Waals surface area contributed by atoms with Crippen LogP contribution in [0.25, 0.3) is 162 Å². The van der Waals surface area contributed by atoms with Crippen LogP contribution in [0.5, 0.6) is 0 Å². The Bertz CT molecular complexity index is 5310. The predicted molar refractivity (Wildman–Crippen MR) is 323 cm³/mol. The summed E-state index contributed by atoms with van der Waals surface area (Å²) in [5.41, 5.74) is 9.71. The first-order valence-corrected chi connectivity index (χ1v) is 27.3. The molecule has 12 aromatic carbocycles. The average Bonchev–Trinajstić information content (AvgIpc) is 4.37. The molecule has 352 valence electrons. The summed E-state index contributed by atoms with van der Waals surface area (Å²) in [4.78, 5) is 17.0. The number of nitrogens with zero attached hydrogens (tertiary/aromatic N) is 5. The quantitative estimate of drug-likeness (QED) is 0.173. The number of hydrogen-bond donors (Lipinski definition) is 0. The molecule has 0 fully saturated rings. The second-order valence-corrected chi connectivity index (χ2v) is 22.0.